The molecule has 0 heterocycles. The van der Waals surface area contributed by atoms with Crippen molar-refractivity contribution in [3.8, 4) is 0 Å². The topological polar surface area (TPSA) is 60.7 Å². The molecule has 0 aromatic rings. The van der Waals surface area contributed by atoms with Crippen molar-refractivity contribution < 1.29 is 15.3 Å². The number of aliphatic hydroxyl groups is 3. The van der Waals surface area contributed by atoms with Crippen LogP contribution in [0.1, 0.15) is 46.5 Å². The van der Waals surface area contributed by atoms with Crippen LogP contribution in [0.3, 0.4) is 0 Å². The van der Waals surface area contributed by atoms with Crippen LogP contribution >= 0.6 is 0 Å². The average Bonchev–Trinajstić information content (AvgIpc) is 2.61. The molecule has 106 valence electrons. The van der Waals surface area contributed by atoms with Gasteiger partial charge in [0.2, 0.25) is 0 Å². The standard InChI is InChI=1S/C15H28O3/c1-9-4-5-11(10(2)8-16)14(18)15(3)12(9)6-7-13(15)17/h9-14,16-18H,4-8H2,1-3H3/t9-,10+,11-,12+,13-,14+,15-/m0/s1. The van der Waals surface area contributed by atoms with Crippen LogP contribution in [-0.4, -0.2) is 34.1 Å². The van der Waals surface area contributed by atoms with Crippen molar-refractivity contribution in [3.05, 3.63) is 0 Å². The molecule has 18 heavy (non-hydrogen) atoms. The molecule has 0 saturated heterocycles. The van der Waals surface area contributed by atoms with E-state index in [4.69, 9.17) is 0 Å². The maximum absolute atomic E-state index is 10.8. The zero-order chi connectivity index (χ0) is 13.5. The van der Waals surface area contributed by atoms with E-state index in [0.29, 0.717) is 11.8 Å². The molecule has 0 spiro atoms. The van der Waals surface area contributed by atoms with Crippen molar-refractivity contribution in [1.29, 1.82) is 0 Å². The van der Waals surface area contributed by atoms with Crippen LogP contribution in [-0.2, 0) is 0 Å². The van der Waals surface area contributed by atoms with Crippen LogP contribution in [0.4, 0.5) is 0 Å². The van der Waals surface area contributed by atoms with Gasteiger partial charge >= 0.3 is 0 Å². The van der Waals surface area contributed by atoms with Crippen molar-refractivity contribution in [2.75, 3.05) is 6.61 Å². The molecule has 3 nitrogen and oxygen atoms in total. The van der Waals surface area contributed by atoms with Crippen LogP contribution in [0, 0.1) is 29.1 Å². The Balaban J connectivity index is 2.31. The van der Waals surface area contributed by atoms with Gasteiger partial charge in [0.25, 0.3) is 0 Å². The second-order valence-electron chi connectivity index (χ2n) is 6.89. The fraction of sp³-hybridized carbons (Fsp3) is 1.00. The highest BCUT2D eigenvalue weighted by Crippen LogP contribution is 2.55. The minimum Gasteiger partial charge on any atom is -0.396 e. The molecule has 0 amide bonds. The van der Waals surface area contributed by atoms with Crippen LogP contribution in [0.5, 0.6) is 0 Å². The Morgan fingerprint density at radius 2 is 1.83 bits per heavy atom. The van der Waals surface area contributed by atoms with Gasteiger partial charge in [-0.25, -0.2) is 0 Å². The van der Waals surface area contributed by atoms with Gasteiger partial charge in [0.1, 0.15) is 0 Å². The molecular weight excluding hydrogens is 228 g/mol. The first-order chi connectivity index (χ1) is 8.42. The first-order valence-corrected chi connectivity index (χ1v) is 7.39. The second-order valence-corrected chi connectivity index (χ2v) is 6.89. The molecule has 0 aromatic carbocycles. The smallest absolute Gasteiger partial charge is 0.0652 e. The lowest BCUT2D eigenvalue weighted by Crippen LogP contribution is -2.48. The summed E-state index contributed by atoms with van der Waals surface area (Å²) >= 11 is 0. The fourth-order valence-corrected chi connectivity index (χ4v) is 4.53. The molecule has 0 radical (unpaired) electrons. The third kappa shape index (κ3) is 2.00. The Hall–Kier alpha value is -0.120. The predicted molar refractivity (Wildman–Crippen MR) is 71.0 cm³/mol. The summed E-state index contributed by atoms with van der Waals surface area (Å²) < 4.78 is 0. The summed E-state index contributed by atoms with van der Waals surface area (Å²) in [6, 6.07) is 0. The summed E-state index contributed by atoms with van der Waals surface area (Å²) in [5.41, 5.74) is -0.385. The summed E-state index contributed by atoms with van der Waals surface area (Å²) in [5, 5.41) is 30.5. The molecule has 2 saturated carbocycles. The van der Waals surface area contributed by atoms with Crippen LogP contribution in [0.2, 0.25) is 0 Å². The monoisotopic (exact) mass is 256 g/mol. The summed E-state index contributed by atoms with van der Waals surface area (Å²) in [7, 11) is 0. The molecule has 2 rings (SSSR count). The van der Waals surface area contributed by atoms with Crippen LogP contribution < -0.4 is 0 Å². The minimum atomic E-state index is -0.493. The molecule has 0 bridgehead atoms. The van der Waals surface area contributed by atoms with Crippen molar-refractivity contribution in [2.24, 2.45) is 29.1 Å². The van der Waals surface area contributed by atoms with E-state index in [2.05, 4.69) is 13.8 Å². The lowest BCUT2D eigenvalue weighted by molar-refractivity contribution is -0.101. The van der Waals surface area contributed by atoms with Gasteiger partial charge in [-0.15, -0.1) is 0 Å². The number of rotatable bonds is 2. The van der Waals surface area contributed by atoms with Gasteiger partial charge in [0.05, 0.1) is 12.2 Å². The van der Waals surface area contributed by atoms with E-state index in [-0.39, 0.29) is 23.9 Å². The van der Waals surface area contributed by atoms with Crippen molar-refractivity contribution in [3.63, 3.8) is 0 Å². The highest BCUT2D eigenvalue weighted by molar-refractivity contribution is 5.05. The normalized spacial score (nSPS) is 50.7. The SMILES string of the molecule is C[C@H](CO)[C@@H]1CC[C@H](C)[C@H]2CC[C@H](O)[C@@]2(C)[C@@H]1O. The number of hydrogen-bond donors (Lipinski definition) is 3. The highest BCUT2D eigenvalue weighted by atomic mass is 16.3. The largest absolute Gasteiger partial charge is 0.396 e. The summed E-state index contributed by atoms with van der Waals surface area (Å²) in [6.07, 6.45) is 3.00. The maximum atomic E-state index is 10.8. The van der Waals surface area contributed by atoms with E-state index < -0.39 is 12.2 Å². The van der Waals surface area contributed by atoms with Crippen LogP contribution in [0.25, 0.3) is 0 Å². The Bertz CT molecular complexity index is 293. The predicted octanol–water partition coefficient (Wildman–Crippen LogP) is 1.80. The molecule has 0 aliphatic heterocycles. The Morgan fingerprint density at radius 3 is 2.44 bits per heavy atom. The van der Waals surface area contributed by atoms with Crippen molar-refractivity contribution >= 4 is 0 Å². The summed E-state index contributed by atoms with van der Waals surface area (Å²) in [6.45, 7) is 6.43. The molecule has 7 atom stereocenters. The van der Waals surface area contributed by atoms with E-state index in [1.165, 1.54) is 0 Å². The summed E-state index contributed by atoms with van der Waals surface area (Å²) in [4.78, 5) is 0. The van der Waals surface area contributed by atoms with E-state index in [0.717, 1.165) is 25.7 Å². The highest BCUT2D eigenvalue weighted by Gasteiger charge is 2.56. The summed E-state index contributed by atoms with van der Waals surface area (Å²) in [5.74, 6) is 1.19. The van der Waals surface area contributed by atoms with Crippen molar-refractivity contribution in [2.45, 2.75) is 58.7 Å². The molecule has 3 heteroatoms. The second kappa shape index (κ2) is 5.10. The van der Waals surface area contributed by atoms with Gasteiger partial charge in [0, 0.05) is 12.0 Å². The first kappa shape index (κ1) is 14.3. The fourth-order valence-electron chi connectivity index (χ4n) is 4.53. The zero-order valence-corrected chi connectivity index (χ0v) is 11.8. The molecule has 0 unspecified atom stereocenters. The quantitative estimate of drug-likeness (QED) is 0.706. The minimum absolute atomic E-state index is 0.107. The zero-order valence-electron chi connectivity index (χ0n) is 11.8. The van der Waals surface area contributed by atoms with Gasteiger partial charge in [-0.05, 0) is 42.9 Å². The number of aliphatic hydroxyl groups excluding tert-OH is 3. The van der Waals surface area contributed by atoms with E-state index >= 15 is 0 Å². The van der Waals surface area contributed by atoms with Crippen molar-refractivity contribution in [1.82, 2.24) is 0 Å². The lowest BCUT2D eigenvalue weighted by atomic mass is 9.66. The van der Waals surface area contributed by atoms with Crippen LogP contribution in [0.15, 0.2) is 0 Å². The van der Waals surface area contributed by atoms with E-state index in [1.807, 2.05) is 6.92 Å². The van der Waals surface area contributed by atoms with E-state index in [9.17, 15) is 15.3 Å². The first-order valence-electron chi connectivity index (χ1n) is 7.39. The molecule has 2 aliphatic carbocycles. The third-order valence-electron chi connectivity index (χ3n) is 5.97. The lowest BCUT2D eigenvalue weighted by Gasteiger charge is -2.42. The Kier molecular flexibility index (Phi) is 4.05. The molecule has 2 aliphatic rings. The molecule has 0 aromatic heterocycles. The van der Waals surface area contributed by atoms with E-state index in [1.54, 1.807) is 0 Å². The molecule has 3 N–H and O–H groups in total. The van der Waals surface area contributed by atoms with Gasteiger partial charge < -0.3 is 15.3 Å². The Morgan fingerprint density at radius 1 is 1.17 bits per heavy atom. The maximum Gasteiger partial charge on any atom is 0.0652 e. The van der Waals surface area contributed by atoms with Gasteiger partial charge in [-0.1, -0.05) is 27.2 Å². The van der Waals surface area contributed by atoms with Gasteiger partial charge in [-0.3, -0.25) is 0 Å². The number of fused-ring (bicyclic) bond motifs is 1. The average molecular weight is 256 g/mol. The van der Waals surface area contributed by atoms with Gasteiger partial charge in [-0.2, -0.15) is 0 Å². The molecule has 2 fully saturated rings. The Labute approximate surface area is 110 Å². The number of hydrogen-bond acceptors (Lipinski definition) is 3. The van der Waals surface area contributed by atoms with Gasteiger partial charge in [0.15, 0.2) is 0 Å². The molecular formula is C15H28O3. The third-order valence-corrected chi connectivity index (χ3v) is 5.97.